The number of aliphatic hydroxyl groups excluding tert-OH is 1. The molecule has 0 bridgehead atoms. The number of allylic oxidation sites excluding steroid dienone is 2. The van der Waals surface area contributed by atoms with Crippen molar-refractivity contribution in [1.29, 1.82) is 0 Å². The lowest BCUT2D eigenvalue weighted by Gasteiger charge is -2.39. The average Bonchev–Trinajstić information content (AvgIpc) is 3.37. The number of carbonyl (C=O) groups excluding carboxylic acids is 10. The van der Waals surface area contributed by atoms with Crippen molar-refractivity contribution < 1.29 is 57.8 Å². The minimum Gasteiger partial charge on any atom is -0.390 e. The number of nitrogens with zero attached hydrogens (tertiary/aromatic N) is 6. The number of aliphatic hydroxyl groups is 1. The molecule has 0 saturated carbocycles. The third-order valence-corrected chi connectivity index (χ3v) is 14.3. The molecule has 0 aromatic carbocycles. The van der Waals surface area contributed by atoms with Crippen molar-refractivity contribution in [3.05, 3.63) is 12.2 Å². The van der Waals surface area contributed by atoms with Gasteiger partial charge in [-0.15, -0.1) is 0 Å². The summed E-state index contributed by atoms with van der Waals surface area (Å²) in [7, 11) is 11.9. The Bertz CT molecular complexity index is 2090. The van der Waals surface area contributed by atoms with E-state index in [4.69, 9.17) is 4.74 Å². The van der Waals surface area contributed by atoms with Gasteiger partial charge < -0.3 is 60.9 Å². The Labute approximate surface area is 478 Å². The zero-order valence-electron chi connectivity index (χ0n) is 52.8. The molecule has 10 amide bonds. The SMILES string of the molecule is C/C=C/C[C@@H](C)[C@@H](O)C(C(=O)N[C@@H](C)C(=O)N(C)CC(=O)N(C)[C@@H](CC(C)C)C(=O)N[C@H](C(=O)N(C)[C@@H](CC(C)C)C(=O)N[C@@H](C)C(=O)N[C@H](C)C(=O)N(C)[C@@H](CC(C)C)C(=O)NC)C(C)C)N(C)C(=O)[C@H](C(C)C)N(C)COC. The fourth-order valence-electron chi connectivity index (χ4n) is 9.43. The Hall–Kier alpha value is -5.68. The van der Waals surface area contributed by atoms with Crippen LogP contribution >= 0.6 is 0 Å². The van der Waals surface area contributed by atoms with Crippen LogP contribution < -0.4 is 26.6 Å². The molecule has 23 nitrogen and oxygen atoms in total. The van der Waals surface area contributed by atoms with Gasteiger partial charge in [0.25, 0.3) is 0 Å². The highest BCUT2D eigenvalue weighted by Gasteiger charge is 2.42. The topological polar surface area (TPSA) is 280 Å². The van der Waals surface area contributed by atoms with E-state index >= 15 is 0 Å². The first-order valence-electron chi connectivity index (χ1n) is 28.2. The lowest BCUT2D eigenvalue weighted by atomic mass is 9.92. The number of hydrogen-bond donors (Lipinski definition) is 6. The van der Waals surface area contributed by atoms with Crippen LogP contribution in [0.25, 0.3) is 0 Å². The van der Waals surface area contributed by atoms with Crippen molar-refractivity contribution in [2.45, 2.75) is 190 Å². The average molecular weight is 1140 g/mol. The van der Waals surface area contributed by atoms with Crippen LogP contribution in [0.1, 0.15) is 130 Å². The Balaban J connectivity index is 6.48. The summed E-state index contributed by atoms with van der Waals surface area (Å²) in [5.41, 5.74) is 0. The van der Waals surface area contributed by atoms with E-state index in [9.17, 15) is 53.1 Å². The molecule has 11 atom stereocenters. The monoisotopic (exact) mass is 1140 g/mol. The van der Waals surface area contributed by atoms with E-state index in [2.05, 4.69) is 26.6 Å². The summed E-state index contributed by atoms with van der Waals surface area (Å²) < 4.78 is 5.28. The van der Waals surface area contributed by atoms with Gasteiger partial charge >= 0.3 is 0 Å². The highest BCUT2D eigenvalue weighted by molar-refractivity contribution is 5.98. The number of likely N-dealkylation sites (N-methyl/N-ethyl adjacent to an activating group) is 7. The molecular formula is C57H105N11O12. The van der Waals surface area contributed by atoms with Crippen LogP contribution in [0.4, 0.5) is 0 Å². The van der Waals surface area contributed by atoms with Gasteiger partial charge in [-0.3, -0.25) is 52.8 Å². The summed E-state index contributed by atoms with van der Waals surface area (Å²) in [6.45, 7) is 26.0. The summed E-state index contributed by atoms with van der Waals surface area (Å²) >= 11 is 0. The molecule has 0 radical (unpaired) electrons. The summed E-state index contributed by atoms with van der Waals surface area (Å²) in [4.78, 5) is 146. The van der Waals surface area contributed by atoms with Gasteiger partial charge in [-0.25, -0.2) is 0 Å². The second-order valence-electron chi connectivity index (χ2n) is 23.6. The molecular weight excluding hydrogens is 1030 g/mol. The third kappa shape index (κ3) is 22.7. The van der Waals surface area contributed by atoms with E-state index in [1.165, 1.54) is 89.8 Å². The minimum absolute atomic E-state index is 0.0971. The molecule has 0 spiro atoms. The molecule has 0 aliphatic rings. The fraction of sp³-hybridized carbons (Fsp3) is 0.789. The summed E-state index contributed by atoms with van der Waals surface area (Å²) in [6.07, 6.45) is 3.47. The lowest BCUT2D eigenvalue weighted by molar-refractivity contribution is -0.151. The van der Waals surface area contributed by atoms with Crippen LogP contribution in [0, 0.1) is 35.5 Å². The predicted molar refractivity (Wildman–Crippen MR) is 309 cm³/mol. The smallest absolute Gasteiger partial charge is 0.246 e. The first-order valence-corrected chi connectivity index (χ1v) is 28.2. The van der Waals surface area contributed by atoms with Crippen molar-refractivity contribution in [3.63, 3.8) is 0 Å². The van der Waals surface area contributed by atoms with Gasteiger partial charge in [0.15, 0.2) is 0 Å². The van der Waals surface area contributed by atoms with E-state index in [0.29, 0.717) is 12.8 Å². The van der Waals surface area contributed by atoms with E-state index < -0.39 is 132 Å². The van der Waals surface area contributed by atoms with Crippen molar-refractivity contribution in [3.8, 4) is 0 Å². The van der Waals surface area contributed by atoms with E-state index in [-0.39, 0.29) is 49.2 Å². The summed E-state index contributed by atoms with van der Waals surface area (Å²) in [5.74, 6) is -7.25. The zero-order chi connectivity index (χ0) is 62.4. The summed E-state index contributed by atoms with van der Waals surface area (Å²) in [5, 5.41) is 25.0. The van der Waals surface area contributed by atoms with Crippen molar-refractivity contribution >= 4 is 59.1 Å². The van der Waals surface area contributed by atoms with Crippen LogP contribution in [0.15, 0.2) is 12.2 Å². The zero-order valence-corrected chi connectivity index (χ0v) is 52.8. The van der Waals surface area contributed by atoms with Gasteiger partial charge in [-0.1, -0.05) is 88.3 Å². The van der Waals surface area contributed by atoms with Crippen LogP contribution in [-0.2, 0) is 52.7 Å². The molecule has 23 heteroatoms. The first kappa shape index (κ1) is 74.3. The van der Waals surface area contributed by atoms with Crippen LogP contribution in [0.2, 0.25) is 0 Å². The Morgan fingerprint density at radius 2 is 0.938 bits per heavy atom. The van der Waals surface area contributed by atoms with E-state index in [1.54, 1.807) is 32.7 Å². The maximum Gasteiger partial charge on any atom is 0.246 e. The number of methoxy groups -OCH3 is 1. The predicted octanol–water partition coefficient (Wildman–Crippen LogP) is 1.82. The molecule has 0 saturated heterocycles. The van der Waals surface area contributed by atoms with Crippen molar-refractivity contribution in [2.75, 3.05) is 69.7 Å². The Kier molecular flexibility index (Phi) is 32.7. The maximum atomic E-state index is 14.5. The molecule has 0 aliphatic carbocycles. The molecule has 0 rings (SSSR count). The largest absolute Gasteiger partial charge is 0.390 e. The maximum absolute atomic E-state index is 14.5. The van der Waals surface area contributed by atoms with Crippen LogP contribution in [0.5, 0.6) is 0 Å². The van der Waals surface area contributed by atoms with Gasteiger partial charge in [0.2, 0.25) is 59.1 Å². The highest BCUT2D eigenvalue weighted by Crippen LogP contribution is 2.22. The van der Waals surface area contributed by atoms with Gasteiger partial charge in [0.05, 0.1) is 25.4 Å². The van der Waals surface area contributed by atoms with Gasteiger partial charge in [0.1, 0.15) is 48.3 Å². The van der Waals surface area contributed by atoms with Gasteiger partial charge in [-0.2, -0.15) is 0 Å². The number of hydrogen-bond acceptors (Lipinski definition) is 13. The molecule has 0 heterocycles. The van der Waals surface area contributed by atoms with Crippen molar-refractivity contribution in [2.24, 2.45) is 35.5 Å². The number of carbonyl (C=O) groups is 10. The molecule has 80 heavy (non-hydrogen) atoms. The molecule has 460 valence electrons. The third-order valence-electron chi connectivity index (χ3n) is 14.3. The standard InChI is InChI=1S/C57H105N11O12/c1-24-25-26-37(12)48(70)47(68(22)57(79)46(36(10)11)64(18)31-80-23)53(75)61-39(14)54(76)63(17)30-44(69)65(19)42(28-33(4)5)52(74)62-45(35(8)9)56(78)67(21)43(29-34(6)7)51(73)59-38(13)49(71)60-40(15)55(77)66(20)41(27-32(2)3)50(72)58-16/h24-25,32-43,45-48,70H,26-31H2,1-23H3,(H,58,72)(H,59,73)(H,60,71)(H,61,75)(H,62,74)/b25-24+/t37-,38+,39+,40-,41+,42+,43+,45+,46+,47?,48-/m1/s1. The lowest BCUT2D eigenvalue weighted by Crippen LogP contribution is -2.62. The van der Waals surface area contributed by atoms with E-state index in [1.807, 2.05) is 74.5 Å². The summed E-state index contributed by atoms with van der Waals surface area (Å²) in [6, 6.07) is -9.70. The normalized spacial score (nSPS) is 15.9. The van der Waals surface area contributed by atoms with E-state index in [0.717, 1.165) is 4.90 Å². The first-order chi connectivity index (χ1) is 36.9. The van der Waals surface area contributed by atoms with Gasteiger partial charge in [0, 0.05) is 49.4 Å². The molecule has 0 aromatic rings. The van der Waals surface area contributed by atoms with Crippen LogP contribution in [0.3, 0.4) is 0 Å². The van der Waals surface area contributed by atoms with Crippen LogP contribution in [-0.4, -0.2) is 224 Å². The molecule has 0 aliphatic heterocycles. The fourth-order valence-corrected chi connectivity index (χ4v) is 9.43. The quantitative estimate of drug-likeness (QED) is 0.0397. The molecule has 6 N–H and O–H groups in total. The number of nitrogens with one attached hydrogen (secondary N) is 5. The highest BCUT2D eigenvalue weighted by atomic mass is 16.5. The Morgan fingerprint density at radius 3 is 1.39 bits per heavy atom. The number of amides is 10. The second-order valence-corrected chi connectivity index (χ2v) is 23.6. The molecule has 1 unspecified atom stereocenters. The number of rotatable bonds is 34. The number of ether oxygens (including phenoxy) is 1. The molecule has 0 aromatic heterocycles. The second kappa shape index (κ2) is 35.2. The Morgan fingerprint density at radius 1 is 0.500 bits per heavy atom. The van der Waals surface area contributed by atoms with Gasteiger partial charge in [-0.05, 0) is 95.9 Å². The molecule has 0 fully saturated rings. The minimum atomic E-state index is -1.40. The van der Waals surface area contributed by atoms with Crippen molar-refractivity contribution in [1.82, 2.24) is 56.0 Å².